The minimum atomic E-state index is -0.719. The van der Waals surface area contributed by atoms with Gasteiger partial charge in [0, 0.05) is 6.54 Å². The van der Waals surface area contributed by atoms with Crippen LogP contribution in [0.4, 0.5) is 4.79 Å². The molecule has 1 amide bonds. The smallest absolute Gasteiger partial charge is 0.408 e. The molecule has 0 aromatic carbocycles. The first kappa shape index (κ1) is 21.2. The number of rotatable bonds is 10. The molecule has 0 aromatic rings. The van der Waals surface area contributed by atoms with Gasteiger partial charge in [0.25, 0.3) is 0 Å². The summed E-state index contributed by atoms with van der Waals surface area (Å²) in [6.45, 7) is 8.44. The second-order valence-corrected chi connectivity index (χ2v) is 5.95. The van der Waals surface area contributed by atoms with Crippen LogP contribution in [0, 0.1) is 0 Å². The van der Waals surface area contributed by atoms with Gasteiger partial charge >= 0.3 is 12.1 Å². The van der Waals surface area contributed by atoms with Crippen molar-refractivity contribution in [2.45, 2.75) is 58.6 Å². The van der Waals surface area contributed by atoms with E-state index < -0.39 is 23.7 Å². The lowest BCUT2D eigenvalue weighted by atomic mass is 10.1. The number of esters is 1. The molecule has 1 atom stereocenters. The summed E-state index contributed by atoms with van der Waals surface area (Å²) < 4.78 is 10.1. The highest BCUT2D eigenvalue weighted by Gasteiger charge is 2.24. The Labute approximate surface area is 137 Å². The molecule has 0 aliphatic carbocycles. The third-order valence-electron chi connectivity index (χ3n) is 2.68. The molecule has 0 aliphatic heterocycles. The molecule has 8 heteroatoms. The molecule has 0 radical (unpaired) electrons. The van der Waals surface area contributed by atoms with E-state index in [2.05, 4.69) is 15.8 Å². The summed E-state index contributed by atoms with van der Waals surface area (Å²) in [5, 5.41) is 16.7. The minimum Gasteiger partial charge on any atom is -0.464 e. The summed E-state index contributed by atoms with van der Waals surface area (Å²) >= 11 is 0. The molecular weight excluding hydrogens is 302 g/mol. The molecule has 0 saturated heterocycles. The van der Waals surface area contributed by atoms with Gasteiger partial charge in [-0.2, -0.15) is 0 Å². The minimum absolute atomic E-state index is 0.257. The summed E-state index contributed by atoms with van der Waals surface area (Å²) in [4.78, 5) is 23.7. The monoisotopic (exact) mass is 331 g/mol. The van der Waals surface area contributed by atoms with Gasteiger partial charge in [0.2, 0.25) is 0 Å². The fourth-order valence-electron chi connectivity index (χ4n) is 1.75. The van der Waals surface area contributed by atoms with Crippen LogP contribution in [-0.4, -0.2) is 54.8 Å². The molecule has 0 fully saturated rings. The van der Waals surface area contributed by atoms with Crippen LogP contribution in [0.2, 0.25) is 0 Å². The topological polar surface area (TPSA) is 109 Å². The maximum Gasteiger partial charge on any atom is 0.408 e. The van der Waals surface area contributed by atoms with Crippen molar-refractivity contribution in [2.24, 2.45) is 5.16 Å². The summed E-state index contributed by atoms with van der Waals surface area (Å²) in [6.07, 6.45) is 2.72. The van der Waals surface area contributed by atoms with Crippen molar-refractivity contribution in [3.63, 3.8) is 0 Å². The molecule has 8 nitrogen and oxygen atoms in total. The van der Waals surface area contributed by atoms with Crippen molar-refractivity contribution in [1.29, 1.82) is 0 Å². The van der Waals surface area contributed by atoms with Gasteiger partial charge in [-0.1, -0.05) is 0 Å². The van der Waals surface area contributed by atoms with Crippen LogP contribution >= 0.6 is 0 Å². The lowest BCUT2D eigenvalue weighted by Gasteiger charge is -2.22. The van der Waals surface area contributed by atoms with Gasteiger partial charge < -0.3 is 25.3 Å². The van der Waals surface area contributed by atoms with Crippen LogP contribution in [0.5, 0.6) is 0 Å². The summed E-state index contributed by atoms with van der Waals surface area (Å²) in [6, 6.07) is -0.719. The second kappa shape index (κ2) is 11.7. The molecule has 0 bridgehead atoms. The number of nitrogens with one attached hydrogen (secondary N) is 2. The van der Waals surface area contributed by atoms with Crippen LogP contribution in [0.25, 0.3) is 0 Å². The van der Waals surface area contributed by atoms with Crippen molar-refractivity contribution in [2.75, 3.05) is 19.7 Å². The maximum atomic E-state index is 11.9. The van der Waals surface area contributed by atoms with Crippen molar-refractivity contribution in [3.05, 3.63) is 0 Å². The Morgan fingerprint density at radius 3 is 2.57 bits per heavy atom. The molecule has 0 heterocycles. The molecule has 0 aromatic heterocycles. The molecule has 0 rings (SSSR count). The number of nitrogens with zero attached hydrogens (tertiary/aromatic N) is 1. The van der Waals surface area contributed by atoms with Crippen molar-refractivity contribution >= 4 is 18.3 Å². The molecule has 23 heavy (non-hydrogen) atoms. The predicted octanol–water partition coefficient (Wildman–Crippen LogP) is 1.66. The van der Waals surface area contributed by atoms with E-state index in [1.807, 2.05) is 0 Å². The third-order valence-corrected chi connectivity index (χ3v) is 2.68. The Balaban J connectivity index is 4.25. The fourth-order valence-corrected chi connectivity index (χ4v) is 1.75. The van der Waals surface area contributed by atoms with E-state index in [0.29, 0.717) is 19.5 Å². The van der Waals surface area contributed by atoms with Gasteiger partial charge in [0.05, 0.1) is 12.8 Å². The molecule has 0 spiro atoms. The van der Waals surface area contributed by atoms with Gasteiger partial charge in [-0.15, -0.1) is 5.16 Å². The van der Waals surface area contributed by atoms with Crippen LogP contribution in [-0.2, 0) is 14.3 Å². The molecule has 134 valence electrons. The van der Waals surface area contributed by atoms with E-state index in [0.717, 1.165) is 12.8 Å². The van der Waals surface area contributed by atoms with Gasteiger partial charge in [-0.05, 0) is 53.5 Å². The van der Waals surface area contributed by atoms with E-state index in [4.69, 9.17) is 14.7 Å². The largest absolute Gasteiger partial charge is 0.464 e. The molecule has 1 unspecified atom stereocenters. The normalized spacial score (nSPS) is 12.9. The van der Waals surface area contributed by atoms with E-state index in [1.54, 1.807) is 27.7 Å². The van der Waals surface area contributed by atoms with E-state index in [9.17, 15) is 9.59 Å². The first-order valence-electron chi connectivity index (χ1n) is 7.83. The third kappa shape index (κ3) is 12.4. The Hall–Kier alpha value is -1.83. The van der Waals surface area contributed by atoms with Gasteiger partial charge in [0.1, 0.15) is 11.6 Å². The SMILES string of the molecule is CCOC(=O)C(CCCCNCC=NO)NC(=O)OC(C)(C)C. The number of amides is 1. The van der Waals surface area contributed by atoms with Crippen molar-refractivity contribution in [1.82, 2.24) is 10.6 Å². The number of ether oxygens (including phenoxy) is 2. The van der Waals surface area contributed by atoms with Gasteiger partial charge in [-0.25, -0.2) is 9.59 Å². The van der Waals surface area contributed by atoms with E-state index in [1.165, 1.54) is 6.21 Å². The lowest BCUT2D eigenvalue weighted by Crippen LogP contribution is -2.44. The first-order chi connectivity index (χ1) is 10.8. The Morgan fingerprint density at radius 2 is 2.00 bits per heavy atom. The number of carbonyl (C=O) groups is 2. The highest BCUT2D eigenvalue weighted by Crippen LogP contribution is 2.09. The van der Waals surface area contributed by atoms with Crippen molar-refractivity contribution < 1.29 is 24.3 Å². The van der Waals surface area contributed by atoms with Gasteiger partial charge in [0.15, 0.2) is 0 Å². The zero-order valence-electron chi connectivity index (χ0n) is 14.4. The Kier molecular flexibility index (Phi) is 10.8. The highest BCUT2D eigenvalue weighted by atomic mass is 16.6. The zero-order valence-corrected chi connectivity index (χ0v) is 14.4. The number of oxime groups is 1. The summed E-state index contributed by atoms with van der Waals surface area (Å²) in [7, 11) is 0. The molecule has 0 aliphatic rings. The van der Waals surface area contributed by atoms with Crippen LogP contribution in [0.3, 0.4) is 0 Å². The quantitative estimate of drug-likeness (QED) is 0.185. The first-order valence-corrected chi connectivity index (χ1v) is 7.83. The van der Waals surface area contributed by atoms with Crippen LogP contribution in [0.1, 0.15) is 47.0 Å². The van der Waals surface area contributed by atoms with E-state index >= 15 is 0 Å². The standard InChI is InChI=1S/C15H29N3O5/c1-5-22-13(19)12(18-14(20)23-15(2,3)4)8-6-7-9-16-10-11-17-21/h11-12,16,21H,5-10H2,1-4H3,(H,18,20). The maximum absolute atomic E-state index is 11.9. The number of hydrogen-bond acceptors (Lipinski definition) is 7. The molecule has 3 N–H and O–H groups in total. The summed E-state index contributed by atoms with van der Waals surface area (Å²) in [5.74, 6) is -0.460. The van der Waals surface area contributed by atoms with Crippen LogP contribution in [0.15, 0.2) is 5.16 Å². The molecule has 0 saturated carbocycles. The van der Waals surface area contributed by atoms with Gasteiger partial charge in [-0.3, -0.25) is 0 Å². The number of alkyl carbamates (subject to hydrolysis) is 1. The van der Waals surface area contributed by atoms with E-state index in [-0.39, 0.29) is 6.61 Å². The number of unbranched alkanes of at least 4 members (excludes halogenated alkanes) is 1. The predicted molar refractivity (Wildman–Crippen MR) is 86.8 cm³/mol. The molecular formula is C15H29N3O5. The zero-order chi connectivity index (χ0) is 17.7. The van der Waals surface area contributed by atoms with Crippen LogP contribution < -0.4 is 10.6 Å². The second-order valence-electron chi connectivity index (χ2n) is 5.95. The average molecular weight is 331 g/mol. The summed E-state index contributed by atoms with van der Waals surface area (Å²) in [5.41, 5.74) is -0.624. The number of hydrogen-bond donors (Lipinski definition) is 3. The van der Waals surface area contributed by atoms with Crippen molar-refractivity contribution in [3.8, 4) is 0 Å². The Bertz CT molecular complexity index is 380. The Morgan fingerprint density at radius 1 is 1.30 bits per heavy atom. The average Bonchev–Trinajstić information content (AvgIpc) is 2.43. The fraction of sp³-hybridized carbons (Fsp3) is 0.800. The number of carbonyl (C=O) groups excluding carboxylic acids is 2. The lowest BCUT2D eigenvalue weighted by molar-refractivity contribution is -0.145. The highest BCUT2D eigenvalue weighted by molar-refractivity contribution is 5.81.